The summed E-state index contributed by atoms with van der Waals surface area (Å²) in [5.74, 6) is 0.217. The second kappa shape index (κ2) is 8.23. The zero-order valence-corrected chi connectivity index (χ0v) is 16.9. The van der Waals surface area contributed by atoms with Gasteiger partial charge in [0, 0.05) is 31.6 Å². The molecule has 146 valence electrons. The van der Waals surface area contributed by atoms with Crippen LogP contribution >= 0.6 is 0 Å². The van der Waals surface area contributed by atoms with Gasteiger partial charge in [0.05, 0.1) is 31.5 Å². The van der Waals surface area contributed by atoms with Gasteiger partial charge in [0.25, 0.3) is 0 Å². The molecule has 2 unspecified atom stereocenters. The van der Waals surface area contributed by atoms with Crippen LogP contribution in [-0.2, 0) is 14.2 Å². The third-order valence-electron chi connectivity index (χ3n) is 4.96. The smallest absolute Gasteiger partial charge is 0.410 e. The summed E-state index contributed by atoms with van der Waals surface area (Å²) in [6, 6.07) is 0.506. The lowest BCUT2D eigenvalue weighted by atomic mass is 9.94. The van der Waals surface area contributed by atoms with E-state index >= 15 is 0 Å². The quantitative estimate of drug-likeness (QED) is 0.778. The number of ether oxygens (including phenoxy) is 3. The van der Waals surface area contributed by atoms with E-state index in [0.29, 0.717) is 25.7 Å². The highest BCUT2D eigenvalue weighted by atomic mass is 16.6. The molecular formula is C19H36N2O4. The van der Waals surface area contributed by atoms with Crippen molar-refractivity contribution < 1.29 is 19.0 Å². The lowest BCUT2D eigenvalue weighted by Crippen LogP contribution is -2.56. The third kappa shape index (κ3) is 5.83. The SMILES string of the molecule is CC(C1CN(C(C)C)C[C@H](C)O1)[C@@H]1CN(C(=O)OC(C)(C)C)CCO1. The summed E-state index contributed by atoms with van der Waals surface area (Å²) in [5, 5.41) is 0. The van der Waals surface area contributed by atoms with E-state index in [9.17, 15) is 4.79 Å². The Morgan fingerprint density at radius 1 is 1.12 bits per heavy atom. The van der Waals surface area contributed by atoms with Crippen LogP contribution < -0.4 is 0 Å². The number of nitrogens with zero attached hydrogens (tertiary/aromatic N) is 2. The van der Waals surface area contributed by atoms with Gasteiger partial charge < -0.3 is 19.1 Å². The first-order valence-corrected chi connectivity index (χ1v) is 9.56. The van der Waals surface area contributed by atoms with Gasteiger partial charge >= 0.3 is 6.09 Å². The van der Waals surface area contributed by atoms with Crippen LogP contribution in [0, 0.1) is 5.92 Å². The molecule has 6 heteroatoms. The van der Waals surface area contributed by atoms with Gasteiger partial charge in [0.2, 0.25) is 0 Å². The van der Waals surface area contributed by atoms with Crippen LogP contribution in [0.2, 0.25) is 0 Å². The van der Waals surface area contributed by atoms with Gasteiger partial charge in [-0.15, -0.1) is 0 Å². The maximum Gasteiger partial charge on any atom is 0.410 e. The fourth-order valence-electron chi connectivity index (χ4n) is 3.46. The van der Waals surface area contributed by atoms with Crippen molar-refractivity contribution in [3.8, 4) is 0 Å². The fourth-order valence-corrected chi connectivity index (χ4v) is 3.46. The number of carbonyl (C=O) groups excluding carboxylic acids is 1. The van der Waals surface area contributed by atoms with E-state index < -0.39 is 5.60 Å². The summed E-state index contributed by atoms with van der Waals surface area (Å²) in [4.78, 5) is 16.6. The van der Waals surface area contributed by atoms with Crippen LogP contribution in [0.1, 0.15) is 48.5 Å². The molecule has 0 aromatic rings. The molecule has 0 N–H and O–H groups in total. The van der Waals surface area contributed by atoms with Crippen molar-refractivity contribution in [3.63, 3.8) is 0 Å². The highest BCUT2D eigenvalue weighted by Gasteiger charge is 2.37. The van der Waals surface area contributed by atoms with E-state index in [1.165, 1.54) is 0 Å². The fraction of sp³-hybridized carbons (Fsp3) is 0.947. The van der Waals surface area contributed by atoms with Crippen LogP contribution in [-0.4, -0.2) is 78.6 Å². The van der Waals surface area contributed by atoms with Crippen LogP contribution in [0.5, 0.6) is 0 Å². The predicted molar refractivity (Wildman–Crippen MR) is 97.8 cm³/mol. The molecule has 2 fully saturated rings. The van der Waals surface area contributed by atoms with Crippen molar-refractivity contribution in [3.05, 3.63) is 0 Å². The molecule has 0 aromatic heterocycles. The van der Waals surface area contributed by atoms with Gasteiger partial charge in [-0.1, -0.05) is 6.92 Å². The van der Waals surface area contributed by atoms with Crippen molar-refractivity contribution in [1.29, 1.82) is 0 Å². The monoisotopic (exact) mass is 356 g/mol. The second-order valence-corrected chi connectivity index (χ2v) is 8.73. The average molecular weight is 357 g/mol. The summed E-state index contributed by atoms with van der Waals surface area (Å²) < 4.78 is 17.7. The maximum absolute atomic E-state index is 12.4. The Morgan fingerprint density at radius 3 is 2.40 bits per heavy atom. The Morgan fingerprint density at radius 2 is 1.80 bits per heavy atom. The Bertz CT molecular complexity index is 449. The lowest BCUT2D eigenvalue weighted by Gasteiger charge is -2.44. The van der Waals surface area contributed by atoms with Crippen LogP contribution in [0.25, 0.3) is 0 Å². The van der Waals surface area contributed by atoms with Gasteiger partial charge in [-0.05, 0) is 41.5 Å². The van der Waals surface area contributed by atoms with Crippen LogP contribution in [0.15, 0.2) is 0 Å². The molecular weight excluding hydrogens is 320 g/mol. The zero-order chi connectivity index (χ0) is 18.8. The van der Waals surface area contributed by atoms with Crippen molar-refractivity contribution in [2.75, 3.05) is 32.8 Å². The average Bonchev–Trinajstić information content (AvgIpc) is 2.52. The number of amides is 1. The topological polar surface area (TPSA) is 51.2 Å². The maximum atomic E-state index is 12.4. The van der Waals surface area contributed by atoms with Gasteiger partial charge in [0.15, 0.2) is 0 Å². The van der Waals surface area contributed by atoms with Gasteiger partial charge in [-0.3, -0.25) is 4.90 Å². The molecule has 4 atom stereocenters. The molecule has 0 aliphatic carbocycles. The number of hydrogen-bond donors (Lipinski definition) is 0. The Labute approximate surface area is 152 Å². The molecule has 2 rings (SSSR count). The number of rotatable bonds is 3. The predicted octanol–water partition coefficient (Wildman–Crippen LogP) is 2.76. The van der Waals surface area contributed by atoms with Crippen molar-refractivity contribution in [1.82, 2.24) is 9.80 Å². The molecule has 2 aliphatic rings. The second-order valence-electron chi connectivity index (χ2n) is 8.73. The van der Waals surface area contributed by atoms with E-state index in [1.54, 1.807) is 4.90 Å². The molecule has 2 saturated heterocycles. The first-order chi connectivity index (χ1) is 11.6. The standard InChI is InChI=1S/C19H36N2O4/c1-13(2)21-10-14(3)24-17(12-21)15(4)16-11-20(8-9-23-16)18(22)25-19(5,6)7/h13-17H,8-12H2,1-7H3/t14-,15?,16-,17?/m0/s1. The van der Waals surface area contributed by atoms with Gasteiger partial charge in [-0.25, -0.2) is 4.79 Å². The molecule has 0 aromatic carbocycles. The van der Waals surface area contributed by atoms with E-state index in [-0.39, 0.29) is 30.3 Å². The molecule has 25 heavy (non-hydrogen) atoms. The normalized spacial score (nSPS) is 30.4. The first-order valence-electron chi connectivity index (χ1n) is 9.56. The van der Waals surface area contributed by atoms with Gasteiger partial charge in [-0.2, -0.15) is 0 Å². The third-order valence-corrected chi connectivity index (χ3v) is 4.96. The Balaban J connectivity index is 1.96. The van der Waals surface area contributed by atoms with Gasteiger partial charge in [0.1, 0.15) is 5.60 Å². The number of morpholine rings is 2. The van der Waals surface area contributed by atoms with E-state index in [0.717, 1.165) is 13.1 Å². The van der Waals surface area contributed by atoms with Crippen molar-refractivity contribution in [2.45, 2.75) is 78.4 Å². The van der Waals surface area contributed by atoms with Crippen molar-refractivity contribution >= 4 is 6.09 Å². The largest absolute Gasteiger partial charge is 0.444 e. The highest BCUT2D eigenvalue weighted by Crippen LogP contribution is 2.25. The molecule has 2 aliphatic heterocycles. The molecule has 0 spiro atoms. The first kappa shape index (κ1) is 20.5. The number of hydrogen-bond acceptors (Lipinski definition) is 5. The summed E-state index contributed by atoms with van der Waals surface area (Å²) >= 11 is 0. The minimum Gasteiger partial charge on any atom is -0.444 e. The molecule has 0 radical (unpaired) electrons. The van der Waals surface area contributed by atoms with E-state index in [1.807, 2.05) is 20.8 Å². The lowest BCUT2D eigenvalue weighted by molar-refractivity contribution is -0.144. The van der Waals surface area contributed by atoms with E-state index in [2.05, 4.69) is 32.6 Å². The summed E-state index contributed by atoms with van der Waals surface area (Å²) in [6.45, 7) is 18.0. The molecule has 2 heterocycles. The number of carbonyl (C=O) groups is 1. The minimum absolute atomic E-state index is 0.0226. The van der Waals surface area contributed by atoms with E-state index in [4.69, 9.17) is 14.2 Å². The molecule has 0 bridgehead atoms. The Kier molecular flexibility index (Phi) is 6.74. The zero-order valence-electron chi connectivity index (χ0n) is 16.9. The highest BCUT2D eigenvalue weighted by molar-refractivity contribution is 5.68. The molecule has 0 saturated carbocycles. The van der Waals surface area contributed by atoms with Crippen LogP contribution in [0.3, 0.4) is 0 Å². The summed E-state index contributed by atoms with van der Waals surface area (Å²) in [5.41, 5.74) is -0.476. The summed E-state index contributed by atoms with van der Waals surface area (Å²) in [7, 11) is 0. The van der Waals surface area contributed by atoms with Crippen molar-refractivity contribution in [2.24, 2.45) is 5.92 Å². The minimum atomic E-state index is -0.476. The van der Waals surface area contributed by atoms with Crippen LogP contribution in [0.4, 0.5) is 4.79 Å². The Hall–Kier alpha value is -0.850. The summed E-state index contributed by atoms with van der Waals surface area (Å²) in [6.07, 6.45) is 0.0594. The molecule has 1 amide bonds. The molecule has 6 nitrogen and oxygen atoms in total.